The molecule has 0 heterocycles. The average molecular weight is 339 g/mol. The number of hydrogen-bond donors (Lipinski definition) is 1. The van der Waals surface area contributed by atoms with Gasteiger partial charge < -0.3 is 10.1 Å². The van der Waals surface area contributed by atoms with Crippen molar-refractivity contribution in [3.63, 3.8) is 0 Å². The summed E-state index contributed by atoms with van der Waals surface area (Å²) in [6.07, 6.45) is 0.298. The Bertz CT molecular complexity index is 731. The normalized spacial score (nSPS) is 13.2. The molecule has 0 aliphatic carbocycles. The zero-order chi connectivity index (χ0) is 18.6. The molecule has 1 amide bonds. The molecule has 0 aliphatic heterocycles. The second kappa shape index (κ2) is 8.19. The van der Waals surface area contributed by atoms with Gasteiger partial charge in [0.1, 0.15) is 5.75 Å². The van der Waals surface area contributed by atoms with E-state index in [1.165, 1.54) is 16.7 Å². The summed E-state index contributed by atoms with van der Waals surface area (Å²) in [4.78, 5) is 12.6. The van der Waals surface area contributed by atoms with Crippen LogP contribution in [0.5, 0.6) is 5.75 Å². The molecule has 1 N–H and O–H groups in total. The van der Waals surface area contributed by atoms with Crippen molar-refractivity contribution in [3.8, 4) is 5.75 Å². The first-order chi connectivity index (χ1) is 11.8. The monoisotopic (exact) mass is 339 g/mol. The minimum atomic E-state index is -0.541. The molecular formula is C22H29NO2. The Morgan fingerprint density at radius 3 is 2.20 bits per heavy atom. The van der Waals surface area contributed by atoms with E-state index in [9.17, 15) is 4.79 Å². The predicted octanol–water partition coefficient (Wildman–Crippen LogP) is 4.96. The summed E-state index contributed by atoms with van der Waals surface area (Å²) in [5.41, 5.74) is 5.86. The van der Waals surface area contributed by atoms with E-state index >= 15 is 0 Å². The van der Waals surface area contributed by atoms with Crippen molar-refractivity contribution in [2.24, 2.45) is 0 Å². The third kappa shape index (κ3) is 5.09. The Hall–Kier alpha value is -2.29. The van der Waals surface area contributed by atoms with Crippen LogP contribution in [0.1, 0.15) is 54.1 Å². The van der Waals surface area contributed by atoms with E-state index in [4.69, 9.17) is 4.74 Å². The number of ether oxygens (including phenoxy) is 1. The Labute approximate surface area is 151 Å². The van der Waals surface area contributed by atoms with E-state index in [1.807, 2.05) is 26.0 Å². The fourth-order valence-electron chi connectivity index (χ4n) is 3.16. The van der Waals surface area contributed by atoms with Crippen LogP contribution in [0.25, 0.3) is 0 Å². The van der Waals surface area contributed by atoms with E-state index in [1.54, 1.807) is 6.92 Å². The fourth-order valence-corrected chi connectivity index (χ4v) is 3.16. The van der Waals surface area contributed by atoms with Crippen LogP contribution in [-0.4, -0.2) is 12.0 Å². The Kier molecular flexibility index (Phi) is 6.24. The predicted molar refractivity (Wildman–Crippen MR) is 103 cm³/mol. The van der Waals surface area contributed by atoms with Crippen molar-refractivity contribution in [1.29, 1.82) is 0 Å². The van der Waals surface area contributed by atoms with Crippen LogP contribution in [-0.2, 0) is 4.79 Å². The van der Waals surface area contributed by atoms with Crippen molar-refractivity contribution in [3.05, 3.63) is 64.2 Å². The molecule has 0 radical (unpaired) electrons. The topological polar surface area (TPSA) is 38.3 Å². The minimum Gasteiger partial charge on any atom is -0.481 e. The lowest BCUT2D eigenvalue weighted by atomic mass is 9.97. The lowest BCUT2D eigenvalue weighted by Crippen LogP contribution is -2.38. The van der Waals surface area contributed by atoms with Gasteiger partial charge in [0.15, 0.2) is 6.10 Å². The van der Waals surface area contributed by atoms with Gasteiger partial charge in [0.2, 0.25) is 0 Å². The van der Waals surface area contributed by atoms with E-state index < -0.39 is 6.10 Å². The van der Waals surface area contributed by atoms with E-state index in [0.29, 0.717) is 0 Å². The third-order valence-electron chi connectivity index (χ3n) is 4.40. The van der Waals surface area contributed by atoms with Crippen LogP contribution < -0.4 is 10.1 Å². The van der Waals surface area contributed by atoms with Gasteiger partial charge in [-0.3, -0.25) is 4.79 Å². The van der Waals surface area contributed by atoms with E-state index in [0.717, 1.165) is 23.3 Å². The second-order valence-electron chi connectivity index (χ2n) is 6.91. The fraction of sp³-hybridized carbons (Fsp3) is 0.409. The number of nitrogens with one attached hydrogen (secondary N) is 1. The Morgan fingerprint density at radius 2 is 1.64 bits per heavy atom. The molecule has 0 fully saturated rings. The van der Waals surface area contributed by atoms with Crippen LogP contribution in [0.2, 0.25) is 0 Å². The van der Waals surface area contributed by atoms with Crippen LogP contribution >= 0.6 is 0 Å². The summed E-state index contributed by atoms with van der Waals surface area (Å²) in [6.45, 7) is 12.1. The molecule has 0 bridgehead atoms. The first kappa shape index (κ1) is 19.0. The molecule has 0 saturated carbocycles. The highest BCUT2D eigenvalue weighted by atomic mass is 16.5. The van der Waals surface area contributed by atoms with Gasteiger partial charge in [-0.1, -0.05) is 36.8 Å². The molecule has 0 spiro atoms. The molecule has 3 heteroatoms. The highest BCUT2D eigenvalue weighted by molar-refractivity contribution is 5.81. The van der Waals surface area contributed by atoms with Crippen LogP contribution in [0.4, 0.5) is 0 Å². The van der Waals surface area contributed by atoms with Crippen molar-refractivity contribution in [1.82, 2.24) is 5.32 Å². The van der Waals surface area contributed by atoms with Gasteiger partial charge in [-0.15, -0.1) is 0 Å². The number of carbonyl (C=O) groups excluding carboxylic acids is 1. The molecule has 3 nitrogen and oxygen atoms in total. The minimum absolute atomic E-state index is 0.00149. The molecule has 2 rings (SSSR count). The smallest absolute Gasteiger partial charge is 0.261 e. The Balaban J connectivity index is 2.08. The number of hydrogen-bond acceptors (Lipinski definition) is 2. The number of rotatable bonds is 6. The number of benzene rings is 2. The Morgan fingerprint density at radius 1 is 1.00 bits per heavy atom. The van der Waals surface area contributed by atoms with Gasteiger partial charge in [-0.2, -0.15) is 0 Å². The lowest BCUT2D eigenvalue weighted by molar-refractivity contribution is -0.128. The van der Waals surface area contributed by atoms with Crippen LogP contribution in [0, 0.1) is 27.7 Å². The first-order valence-corrected chi connectivity index (χ1v) is 8.92. The SMILES string of the molecule is CC[C@@H](NC(=O)[C@H](C)Oc1cc(C)cc(C)c1)c1ccc(C)cc1C. The zero-order valence-electron chi connectivity index (χ0n) is 16.1. The number of carbonyl (C=O) groups is 1. The van der Waals surface area contributed by atoms with Gasteiger partial charge in [-0.25, -0.2) is 0 Å². The summed E-state index contributed by atoms with van der Waals surface area (Å²) in [5.74, 6) is 0.644. The molecule has 134 valence electrons. The van der Waals surface area contributed by atoms with Gasteiger partial charge in [-0.05, 0) is 75.4 Å². The summed E-state index contributed by atoms with van der Waals surface area (Å²) in [7, 11) is 0. The number of aryl methyl sites for hydroxylation is 4. The van der Waals surface area contributed by atoms with Crippen molar-refractivity contribution in [2.75, 3.05) is 0 Å². The molecule has 25 heavy (non-hydrogen) atoms. The van der Waals surface area contributed by atoms with Gasteiger partial charge in [0, 0.05) is 0 Å². The maximum atomic E-state index is 12.6. The van der Waals surface area contributed by atoms with E-state index in [2.05, 4.69) is 50.4 Å². The summed E-state index contributed by atoms with van der Waals surface area (Å²) in [5, 5.41) is 3.13. The molecular weight excluding hydrogens is 310 g/mol. The largest absolute Gasteiger partial charge is 0.481 e. The van der Waals surface area contributed by atoms with Gasteiger partial charge >= 0.3 is 0 Å². The summed E-state index contributed by atoms with van der Waals surface area (Å²) in [6, 6.07) is 12.3. The highest BCUT2D eigenvalue weighted by Gasteiger charge is 2.20. The molecule has 2 aromatic carbocycles. The quantitative estimate of drug-likeness (QED) is 0.808. The summed E-state index contributed by atoms with van der Waals surface area (Å²) >= 11 is 0. The van der Waals surface area contributed by atoms with Gasteiger partial charge in [0.05, 0.1) is 6.04 Å². The molecule has 0 unspecified atom stereocenters. The van der Waals surface area contributed by atoms with Crippen LogP contribution in [0.3, 0.4) is 0 Å². The van der Waals surface area contributed by atoms with Crippen molar-refractivity contribution < 1.29 is 9.53 Å². The highest BCUT2D eigenvalue weighted by Crippen LogP contribution is 2.22. The molecule has 0 saturated heterocycles. The van der Waals surface area contributed by atoms with Gasteiger partial charge in [0.25, 0.3) is 5.91 Å². The maximum Gasteiger partial charge on any atom is 0.261 e. The third-order valence-corrected chi connectivity index (χ3v) is 4.40. The summed E-state index contributed by atoms with van der Waals surface area (Å²) < 4.78 is 5.86. The average Bonchev–Trinajstić information content (AvgIpc) is 2.51. The van der Waals surface area contributed by atoms with Crippen LogP contribution in [0.15, 0.2) is 36.4 Å². The second-order valence-corrected chi connectivity index (χ2v) is 6.91. The van der Waals surface area contributed by atoms with Crippen molar-refractivity contribution in [2.45, 2.75) is 60.1 Å². The molecule has 2 aromatic rings. The van der Waals surface area contributed by atoms with E-state index in [-0.39, 0.29) is 11.9 Å². The zero-order valence-corrected chi connectivity index (χ0v) is 16.1. The number of amides is 1. The van der Waals surface area contributed by atoms with Crippen molar-refractivity contribution >= 4 is 5.91 Å². The maximum absolute atomic E-state index is 12.6. The molecule has 2 atom stereocenters. The molecule has 0 aliphatic rings. The standard InChI is InChI=1S/C22H29NO2/c1-7-21(20-9-8-14(2)11-17(20)5)23-22(24)18(6)25-19-12-15(3)10-16(4)13-19/h8-13,18,21H,7H2,1-6H3,(H,23,24)/t18-,21+/m0/s1. The molecule has 0 aromatic heterocycles. The first-order valence-electron chi connectivity index (χ1n) is 8.92. The lowest BCUT2D eigenvalue weighted by Gasteiger charge is -2.23.